The fourth-order valence-electron chi connectivity index (χ4n) is 17.4. The lowest BCUT2D eigenvalue weighted by Crippen LogP contribution is -2.12. The number of unbranched alkanes of at least 4 members (excludes halogenated alkanes) is 10. The van der Waals surface area contributed by atoms with Gasteiger partial charge in [-0.05, 0) is 404 Å². The first kappa shape index (κ1) is 99.4. The van der Waals surface area contributed by atoms with E-state index >= 15 is 0 Å². The van der Waals surface area contributed by atoms with Gasteiger partial charge in [-0.3, -0.25) is 0 Å². The summed E-state index contributed by atoms with van der Waals surface area (Å²) in [7, 11) is 0. The average molecular weight is 1440 g/mol. The highest BCUT2D eigenvalue weighted by molar-refractivity contribution is 4.93. The lowest BCUT2D eigenvalue weighted by atomic mass is 9.80. The van der Waals surface area contributed by atoms with Crippen LogP contribution in [-0.2, 0) is 0 Å². The lowest BCUT2D eigenvalue weighted by molar-refractivity contribution is 0.297. The molecule has 7 saturated carbocycles. The molecule has 7 aliphatic carbocycles. The zero-order valence-electron chi connectivity index (χ0n) is 71.6. The predicted molar refractivity (Wildman–Crippen MR) is 482 cm³/mol. The molecule has 0 aromatic rings. The number of hydrogen-bond acceptors (Lipinski definition) is 0. The van der Waals surface area contributed by atoms with E-state index in [0.29, 0.717) is 0 Å². The van der Waals surface area contributed by atoms with Crippen LogP contribution >= 0.6 is 0 Å². The van der Waals surface area contributed by atoms with Crippen LogP contribution in [0.1, 0.15) is 408 Å². The molecule has 0 spiro atoms. The van der Waals surface area contributed by atoms with Gasteiger partial charge >= 0.3 is 0 Å². The van der Waals surface area contributed by atoms with Gasteiger partial charge in [0.05, 0.1) is 0 Å². The summed E-state index contributed by atoms with van der Waals surface area (Å²) in [5, 5.41) is 0. The molecular formula is C105H182. The molecule has 7 fully saturated rings. The first-order chi connectivity index (χ1) is 51.5. The molecule has 7 aliphatic rings. The third-order valence-corrected chi connectivity index (χ3v) is 25.5. The molecule has 0 heteroatoms. The Balaban J connectivity index is 0.000000615. The molecule has 602 valence electrons. The highest BCUT2D eigenvalue weighted by Gasteiger charge is 2.24. The largest absolute Gasteiger partial charge is 0.103 e. The Kier molecular flexibility index (Phi) is 70.5. The second-order valence-corrected chi connectivity index (χ2v) is 34.1. The van der Waals surface area contributed by atoms with E-state index in [1.54, 1.807) is 0 Å². The minimum atomic E-state index is 0.810. The highest BCUT2D eigenvalue weighted by Crippen LogP contribution is 2.38. The molecule has 0 heterocycles. The van der Waals surface area contributed by atoms with Crippen LogP contribution in [0, 0.1) is 82.9 Å². The zero-order chi connectivity index (χ0) is 76.5. The molecule has 105 heavy (non-hydrogen) atoms. The van der Waals surface area contributed by atoms with Crippen LogP contribution in [-0.4, -0.2) is 0 Å². The van der Waals surface area contributed by atoms with Crippen molar-refractivity contribution in [1.82, 2.24) is 0 Å². The van der Waals surface area contributed by atoms with Crippen LogP contribution in [0.2, 0.25) is 0 Å². The molecule has 0 nitrogen and oxygen atoms in total. The monoisotopic (exact) mass is 1440 g/mol. The summed E-state index contributed by atoms with van der Waals surface area (Å²) < 4.78 is 0. The van der Waals surface area contributed by atoms with Gasteiger partial charge in [0.2, 0.25) is 0 Å². The van der Waals surface area contributed by atoms with Crippen molar-refractivity contribution in [2.24, 2.45) is 82.9 Å². The Morgan fingerprint density at radius 3 is 0.638 bits per heavy atom. The molecule has 0 N–H and O–H groups in total. The van der Waals surface area contributed by atoms with Crippen molar-refractivity contribution in [1.29, 1.82) is 0 Å². The van der Waals surface area contributed by atoms with Gasteiger partial charge in [-0.25, -0.2) is 0 Å². The summed E-state index contributed by atoms with van der Waals surface area (Å²) >= 11 is 0. The Bertz CT molecular complexity index is 2120. The highest BCUT2D eigenvalue weighted by atomic mass is 14.3. The van der Waals surface area contributed by atoms with Crippen LogP contribution in [0.5, 0.6) is 0 Å². The van der Waals surface area contributed by atoms with E-state index in [9.17, 15) is 0 Å². The standard InChI is InChI=1S/C18H32.C17H30.C16H28.C15H26.C14H24.C13H22.C12H20/c1-3-5-6-7-8-9-10-11-12-18-15-13-17(4-2)14-16-18;1-3-5-6-7-8-9-10-11-17-14-12-16(4-2)13-15-17;1-3-5-6-7-8-9-10-16-13-11-15(4-2)12-14-16;1-3-5-6-7-8-9-15-12-10-14(4-2)11-13-15;1-3-5-6-7-8-14-11-9-13(4-2)10-12-14;1-3-5-6-7-13-10-8-12(4-2)9-11-13;1-3-5-6-12-9-7-11(4-2)8-10-12/h4,9-10,17-18H,2-3,5-8,11-16H2,1H3;4,8-9,16-17H,2-3,5-7,10-15H2,1H3;4,7-8,15-16H,2-3,5-6,9-14H2,1H3;4,6-7,14-15H,2-3,5,8-13H2,1H3;4-6,13-14H,2-3,7-12H2,1H3;3-5,12-13H,2,6-11H2,1H3;3-4,11-12H,1-2,5-10H2/b10-9+;9-8+;8-7+;7-6+;6-5+;5-3+;. The number of hydrogen-bond donors (Lipinski definition) is 0. The maximum Gasteiger partial charge on any atom is -0.0236 e. The van der Waals surface area contributed by atoms with Crippen molar-refractivity contribution in [2.45, 2.75) is 408 Å². The Labute approximate surface area is 660 Å². The summed E-state index contributed by atoms with van der Waals surface area (Å²) in [6.45, 7) is 44.3. The van der Waals surface area contributed by atoms with E-state index in [1.807, 2.05) is 6.08 Å². The molecule has 0 amide bonds. The molecule has 0 atom stereocenters. The number of rotatable bonds is 43. The SMILES string of the molecule is C=CC1CCC(CC/C=C/C)CC1.C=CC1CCC(CC/C=C/CC)CC1.C=CC1CCC(CC/C=C/CCC)CC1.C=CC1CCC(CC/C=C/CCCC)CC1.C=CC1CCC(CC/C=C/CCCCC)CC1.C=CC1CCC(CC/C=C/CCCCCC)CC1.C=CCCC1CCC(C=C)CC1. The van der Waals surface area contributed by atoms with Crippen LogP contribution < -0.4 is 0 Å². The summed E-state index contributed by atoms with van der Waals surface area (Å²) in [4.78, 5) is 0. The second kappa shape index (κ2) is 74.5. The quantitative estimate of drug-likeness (QED) is 0.0422. The number of allylic oxidation sites excluding steroid dienone is 20. The zero-order valence-corrected chi connectivity index (χ0v) is 71.6. The molecule has 0 radical (unpaired) electrons. The third kappa shape index (κ3) is 58.0. The molecular weight excluding hydrogens is 1260 g/mol. The van der Waals surface area contributed by atoms with Crippen LogP contribution in [0.25, 0.3) is 0 Å². The van der Waals surface area contributed by atoms with Gasteiger partial charge in [0.15, 0.2) is 0 Å². The summed E-state index contributed by atoms with van der Waals surface area (Å²) in [5.74, 6) is 12.6. The minimum absolute atomic E-state index is 0.810. The normalized spacial score (nSPS) is 26.9. The molecule has 7 rings (SSSR count). The summed E-state index contributed by atoms with van der Waals surface area (Å²) in [6, 6.07) is 0. The van der Waals surface area contributed by atoms with Crippen molar-refractivity contribution < 1.29 is 0 Å². The Morgan fingerprint density at radius 2 is 0.410 bits per heavy atom. The fraction of sp³-hybridized carbons (Fsp3) is 0.733. The molecule has 0 aromatic heterocycles. The topological polar surface area (TPSA) is 0 Å². The van der Waals surface area contributed by atoms with Gasteiger partial charge < -0.3 is 0 Å². The van der Waals surface area contributed by atoms with Gasteiger partial charge in [0, 0.05) is 0 Å². The summed E-state index contributed by atoms with van der Waals surface area (Å²) in [6.07, 6.45) is 123. The van der Waals surface area contributed by atoms with Crippen molar-refractivity contribution in [3.8, 4) is 0 Å². The van der Waals surface area contributed by atoms with Gasteiger partial charge in [0.25, 0.3) is 0 Å². The Hall–Kier alpha value is -3.64. The van der Waals surface area contributed by atoms with Gasteiger partial charge in [0.1, 0.15) is 0 Å². The van der Waals surface area contributed by atoms with Gasteiger partial charge in [-0.2, -0.15) is 0 Å². The predicted octanol–water partition coefficient (Wildman–Crippen LogP) is 35.8. The van der Waals surface area contributed by atoms with Crippen LogP contribution in [0.3, 0.4) is 0 Å². The van der Waals surface area contributed by atoms with Crippen molar-refractivity contribution in [3.05, 3.63) is 174 Å². The van der Waals surface area contributed by atoms with Crippen LogP contribution in [0.4, 0.5) is 0 Å². The fourth-order valence-corrected chi connectivity index (χ4v) is 17.4. The molecule has 0 bridgehead atoms. The van der Waals surface area contributed by atoms with E-state index in [0.717, 1.165) is 82.9 Å². The molecule has 0 aromatic carbocycles. The van der Waals surface area contributed by atoms with E-state index < -0.39 is 0 Å². The average Bonchev–Trinajstić information content (AvgIpc) is 1.16. The maximum absolute atomic E-state index is 3.92. The first-order valence-electron chi connectivity index (χ1n) is 46.4. The first-order valence-corrected chi connectivity index (χ1v) is 46.4. The molecule has 0 unspecified atom stereocenters. The lowest BCUT2D eigenvalue weighted by Gasteiger charge is -2.26. The molecule has 0 saturated heterocycles. The maximum atomic E-state index is 3.92. The van der Waals surface area contributed by atoms with Gasteiger partial charge in [-0.1, -0.05) is 208 Å². The summed E-state index contributed by atoms with van der Waals surface area (Å²) in [5.41, 5.74) is 0. The van der Waals surface area contributed by atoms with Crippen molar-refractivity contribution in [3.63, 3.8) is 0 Å². The molecule has 0 aliphatic heterocycles. The van der Waals surface area contributed by atoms with E-state index in [1.165, 1.54) is 366 Å². The van der Waals surface area contributed by atoms with Gasteiger partial charge in [-0.15, -0.1) is 52.6 Å². The van der Waals surface area contributed by atoms with Crippen molar-refractivity contribution >= 4 is 0 Å². The Morgan fingerprint density at radius 1 is 0.200 bits per heavy atom. The van der Waals surface area contributed by atoms with Crippen molar-refractivity contribution in [2.75, 3.05) is 0 Å². The van der Waals surface area contributed by atoms with E-state index in [2.05, 4.69) is 210 Å². The smallest absolute Gasteiger partial charge is 0.0236 e. The van der Waals surface area contributed by atoms with E-state index in [-0.39, 0.29) is 0 Å². The second-order valence-electron chi connectivity index (χ2n) is 34.1. The third-order valence-electron chi connectivity index (χ3n) is 25.5. The van der Waals surface area contributed by atoms with Crippen LogP contribution in [0.15, 0.2) is 174 Å². The van der Waals surface area contributed by atoms with E-state index in [4.69, 9.17) is 0 Å². The minimum Gasteiger partial charge on any atom is -0.103 e.